The molecule has 220 valence electrons. The Morgan fingerprint density at radius 1 is 1.21 bits per heavy atom. The predicted octanol–water partition coefficient (Wildman–Crippen LogP) is 4.12. The van der Waals surface area contributed by atoms with Gasteiger partial charge in [-0.3, -0.25) is 14.5 Å². The number of rotatable bonds is 12. The summed E-state index contributed by atoms with van der Waals surface area (Å²) in [6.07, 6.45) is 6.29. The Kier molecular flexibility index (Phi) is 8.57. The topological polar surface area (TPSA) is 136 Å². The van der Waals surface area contributed by atoms with Gasteiger partial charge >= 0.3 is 0 Å². The van der Waals surface area contributed by atoms with Crippen molar-refractivity contribution in [3.05, 3.63) is 70.8 Å². The number of nitrogens with one attached hydrogen (secondary N) is 2. The highest BCUT2D eigenvalue weighted by Gasteiger charge is 2.32. The number of aliphatic hydroxyl groups is 1. The maximum Gasteiger partial charge on any atom is 0.255 e. The zero-order chi connectivity index (χ0) is 29.8. The first-order valence-electron chi connectivity index (χ1n) is 13.5. The van der Waals surface area contributed by atoms with Crippen molar-refractivity contribution < 1.29 is 28.2 Å². The SMILES string of the molecule is CCOc1cc(F)c(Cn2nc(-c3ncc(OC)c(Nc4ccncc4C(=O)NCCO)n3)c(C)c2C2CC2)c(F)c1. The number of carbonyl (C=O) groups excluding carboxylic acids is 1. The Bertz CT molecular complexity index is 1580. The lowest BCUT2D eigenvalue weighted by molar-refractivity contribution is 0.0945. The summed E-state index contributed by atoms with van der Waals surface area (Å²) >= 11 is 0. The predicted molar refractivity (Wildman–Crippen MR) is 150 cm³/mol. The third kappa shape index (κ3) is 6.00. The molecule has 0 saturated heterocycles. The van der Waals surface area contributed by atoms with Crippen molar-refractivity contribution in [2.75, 3.05) is 32.2 Å². The van der Waals surface area contributed by atoms with E-state index in [1.165, 1.54) is 37.8 Å². The maximum atomic E-state index is 14.9. The molecule has 0 aliphatic heterocycles. The average Bonchev–Trinajstić information content (AvgIpc) is 3.76. The fourth-order valence-corrected chi connectivity index (χ4v) is 4.70. The molecule has 5 rings (SSSR count). The molecule has 13 heteroatoms. The second-order valence-corrected chi connectivity index (χ2v) is 9.73. The molecule has 1 aliphatic carbocycles. The lowest BCUT2D eigenvalue weighted by Gasteiger charge is -2.14. The molecule has 3 N–H and O–H groups in total. The summed E-state index contributed by atoms with van der Waals surface area (Å²) in [4.78, 5) is 25.8. The van der Waals surface area contributed by atoms with Gasteiger partial charge < -0.3 is 25.2 Å². The van der Waals surface area contributed by atoms with Crippen LogP contribution < -0.4 is 20.1 Å². The fraction of sp³-hybridized carbons (Fsp3) is 0.345. The quantitative estimate of drug-likeness (QED) is 0.226. The van der Waals surface area contributed by atoms with Crippen LogP contribution in [0.25, 0.3) is 11.5 Å². The van der Waals surface area contributed by atoms with Crippen molar-refractivity contribution in [3.63, 3.8) is 0 Å². The molecule has 1 amide bonds. The molecule has 0 atom stereocenters. The van der Waals surface area contributed by atoms with Gasteiger partial charge in [-0.1, -0.05) is 0 Å². The van der Waals surface area contributed by atoms with Crippen LogP contribution in [0.1, 0.15) is 52.9 Å². The summed E-state index contributed by atoms with van der Waals surface area (Å²) in [5, 5.41) is 19.5. The Morgan fingerprint density at radius 3 is 2.64 bits per heavy atom. The van der Waals surface area contributed by atoms with Gasteiger partial charge in [-0.2, -0.15) is 5.10 Å². The third-order valence-corrected chi connectivity index (χ3v) is 6.84. The Morgan fingerprint density at radius 2 is 1.98 bits per heavy atom. The second-order valence-electron chi connectivity index (χ2n) is 9.73. The minimum absolute atomic E-state index is 0.0872. The van der Waals surface area contributed by atoms with E-state index in [9.17, 15) is 13.6 Å². The molecule has 0 radical (unpaired) electrons. The zero-order valence-electron chi connectivity index (χ0n) is 23.4. The van der Waals surface area contributed by atoms with Crippen molar-refractivity contribution in [2.45, 2.75) is 39.2 Å². The van der Waals surface area contributed by atoms with Crippen LogP contribution in [0.2, 0.25) is 0 Å². The van der Waals surface area contributed by atoms with Crippen LogP contribution in [-0.2, 0) is 6.54 Å². The third-order valence-electron chi connectivity index (χ3n) is 6.84. The minimum Gasteiger partial charge on any atom is -0.494 e. The van der Waals surface area contributed by atoms with Gasteiger partial charge in [0, 0.05) is 53.8 Å². The molecule has 3 heterocycles. The number of aliphatic hydroxyl groups excluding tert-OH is 1. The van der Waals surface area contributed by atoms with Gasteiger partial charge in [-0.05, 0) is 32.8 Å². The highest BCUT2D eigenvalue weighted by atomic mass is 19.1. The van der Waals surface area contributed by atoms with E-state index < -0.39 is 17.5 Å². The molecule has 1 fully saturated rings. The first-order chi connectivity index (χ1) is 20.3. The average molecular weight is 580 g/mol. The summed E-state index contributed by atoms with van der Waals surface area (Å²) in [6.45, 7) is 3.71. The van der Waals surface area contributed by atoms with Crippen molar-refractivity contribution in [1.82, 2.24) is 30.0 Å². The molecule has 0 bridgehead atoms. The van der Waals surface area contributed by atoms with Crippen molar-refractivity contribution in [2.24, 2.45) is 0 Å². The van der Waals surface area contributed by atoms with E-state index in [4.69, 9.17) is 19.7 Å². The summed E-state index contributed by atoms with van der Waals surface area (Å²) in [7, 11) is 1.47. The van der Waals surface area contributed by atoms with Crippen LogP contribution in [0, 0.1) is 18.6 Å². The smallest absolute Gasteiger partial charge is 0.255 e. The number of anilines is 2. The number of methoxy groups -OCH3 is 1. The molecule has 3 aromatic heterocycles. The van der Waals surface area contributed by atoms with E-state index in [1.54, 1.807) is 17.7 Å². The monoisotopic (exact) mass is 579 g/mol. The number of amides is 1. The number of nitrogens with zero attached hydrogens (tertiary/aromatic N) is 5. The van der Waals surface area contributed by atoms with E-state index in [-0.39, 0.29) is 54.1 Å². The van der Waals surface area contributed by atoms with Crippen LogP contribution in [0.4, 0.5) is 20.3 Å². The molecule has 4 aromatic rings. The number of halogens is 2. The van der Waals surface area contributed by atoms with Gasteiger partial charge in [0.1, 0.15) is 23.1 Å². The molecular weight excluding hydrogens is 548 g/mol. The van der Waals surface area contributed by atoms with E-state index in [2.05, 4.69) is 25.6 Å². The molecule has 42 heavy (non-hydrogen) atoms. The van der Waals surface area contributed by atoms with Gasteiger partial charge in [0.2, 0.25) is 0 Å². The number of hydrogen-bond donors (Lipinski definition) is 3. The second kappa shape index (κ2) is 12.5. The van der Waals surface area contributed by atoms with Crippen molar-refractivity contribution >= 4 is 17.4 Å². The van der Waals surface area contributed by atoms with Gasteiger partial charge in [-0.25, -0.2) is 18.7 Å². The van der Waals surface area contributed by atoms with Crippen molar-refractivity contribution in [1.29, 1.82) is 0 Å². The van der Waals surface area contributed by atoms with E-state index >= 15 is 0 Å². The van der Waals surface area contributed by atoms with E-state index in [0.717, 1.165) is 24.1 Å². The number of ether oxygens (including phenoxy) is 2. The van der Waals surface area contributed by atoms with Crippen LogP contribution in [-0.4, -0.2) is 62.6 Å². The van der Waals surface area contributed by atoms with Crippen LogP contribution in [0.5, 0.6) is 11.5 Å². The maximum absolute atomic E-state index is 14.9. The van der Waals surface area contributed by atoms with Crippen molar-refractivity contribution in [3.8, 4) is 23.0 Å². The minimum atomic E-state index is -0.710. The highest BCUT2D eigenvalue weighted by Crippen LogP contribution is 2.44. The lowest BCUT2D eigenvalue weighted by Crippen LogP contribution is -2.27. The first kappa shape index (κ1) is 28.9. The Balaban J connectivity index is 1.51. The molecule has 11 nitrogen and oxygen atoms in total. The number of hydrogen-bond acceptors (Lipinski definition) is 9. The molecule has 1 saturated carbocycles. The summed E-state index contributed by atoms with van der Waals surface area (Å²) < 4.78 is 42.2. The molecular formula is C29H31F2N7O4. The normalized spacial score (nSPS) is 12.7. The Labute approximate surface area is 240 Å². The zero-order valence-corrected chi connectivity index (χ0v) is 23.4. The first-order valence-corrected chi connectivity index (χ1v) is 13.5. The summed E-state index contributed by atoms with van der Waals surface area (Å²) in [5.41, 5.74) is 2.69. The molecule has 1 aromatic carbocycles. The van der Waals surface area contributed by atoms with Gasteiger partial charge in [0.05, 0.1) is 44.3 Å². The number of benzene rings is 1. The number of pyridine rings is 1. The van der Waals surface area contributed by atoms with Gasteiger partial charge in [0.25, 0.3) is 5.91 Å². The Hall–Kier alpha value is -4.65. The molecule has 0 unspecified atom stereocenters. The summed E-state index contributed by atoms with van der Waals surface area (Å²) in [5.74, 6) is -0.643. The van der Waals surface area contributed by atoms with Crippen LogP contribution >= 0.6 is 0 Å². The standard InChI is InChI=1S/C29H31F2N7O4/c1-4-42-18-11-21(30)20(22(31)12-18)15-38-26(17-5-6-17)16(2)25(37-38)28-34-14-24(41-3)27(36-28)35-23-7-8-32-13-19(23)29(40)33-9-10-39/h7-8,11-14,17,39H,4-6,9-10,15H2,1-3H3,(H,33,40)(H,32,34,35,36). The van der Waals surface area contributed by atoms with E-state index in [1.807, 2.05) is 6.92 Å². The van der Waals surface area contributed by atoms with E-state index in [0.29, 0.717) is 23.7 Å². The van der Waals surface area contributed by atoms with Gasteiger partial charge in [0.15, 0.2) is 17.4 Å². The summed E-state index contributed by atoms with van der Waals surface area (Å²) in [6, 6.07) is 3.97. The van der Waals surface area contributed by atoms with Gasteiger partial charge in [-0.15, -0.1) is 0 Å². The van der Waals surface area contributed by atoms with Crippen LogP contribution in [0.3, 0.4) is 0 Å². The number of carbonyl (C=O) groups is 1. The molecule has 0 spiro atoms. The fourth-order valence-electron chi connectivity index (χ4n) is 4.70. The van der Waals surface area contributed by atoms with Crippen LogP contribution in [0.15, 0.2) is 36.8 Å². The lowest BCUT2D eigenvalue weighted by atomic mass is 10.1. The highest BCUT2D eigenvalue weighted by molar-refractivity contribution is 6.00. The largest absolute Gasteiger partial charge is 0.494 e. The molecule has 1 aliphatic rings. The number of aromatic nitrogens is 5.